The average molecular weight is 435 g/mol. The zero-order chi connectivity index (χ0) is 22.8. The van der Waals surface area contributed by atoms with Crippen LogP contribution in [0, 0.1) is 23.0 Å². The van der Waals surface area contributed by atoms with E-state index < -0.39 is 4.92 Å². The van der Waals surface area contributed by atoms with Crippen LogP contribution >= 0.6 is 0 Å². The van der Waals surface area contributed by atoms with Crippen LogP contribution < -0.4 is 4.74 Å². The lowest BCUT2D eigenvalue weighted by atomic mass is 10.1. The minimum absolute atomic E-state index is 0.0474. The number of carbonyl (C=O) groups is 1. The Labute approximate surface area is 185 Å². The molecule has 1 aliphatic rings. The van der Waals surface area contributed by atoms with Crippen LogP contribution in [0.1, 0.15) is 41.5 Å². The summed E-state index contributed by atoms with van der Waals surface area (Å²) in [6.45, 7) is 4.27. The Morgan fingerprint density at radius 1 is 1.28 bits per heavy atom. The molecule has 0 N–H and O–H groups in total. The van der Waals surface area contributed by atoms with Gasteiger partial charge in [0, 0.05) is 24.7 Å². The first-order valence-corrected chi connectivity index (χ1v) is 10.5. The van der Waals surface area contributed by atoms with E-state index in [0.29, 0.717) is 23.8 Å². The molecule has 1 amide bonds. The number of benzene rings is 2. The number of nitrogens with zero attached hydrogens (tertiary/aromatic N) is 5. The SMILES string of the molecule is COc1ccc(CN(C(=O)c2nnn(-c3cccc([N+](=O)[O-])c3)c2C)C(C)C2CC2)cc1. The van der Waals surface area contributed by atoms with E-state index in [1.807, 2.05) is 29.2 Å². The van der Waals surface area contributed by atoms with Gasteiger partial charge >= 0.3 is 0 Å². The maximum Gasteiger partial charge on any atom is 0.276 e. The predicted octanol–water partition coefficient (Wildman–Crippen LogP) is 3.93. The molecule has 4 rings (SSSR count). The third-order valence-electron chi connectivity index (χ3n) is 5.95. The van der Waals surface area contributed by atoms with E-state index in [9.17, 15) is 14.9 Å². The summed E-state index contributed by atoms with van der Waals surface area (Å²) in [4.78, 5) is 26.1. The normalized spacial score (nSPS) is 14.1. The maximum atomic E-state index is 13.6. The highest BCUT2D eigenvalue weighted by atomic mass is 16.6. The summed E-state index contributed by atoms with van der Waals surface area (Å²) in [6, 6.07) is 13.8. The molecule has 1 aromatic heterocycles. The van der Waals surface area contributed by atoms with Crippen molar-refractivity contribution in [1.82, 2.24) is 19.9 Å². The van der Waals surface area contributed by atoms with E-state index in [0.717, 1.165) is 24.2 Å². The number of ether oxygens (including phenoxy) is 1. The van der Waals surface area contributed by atoms with Gasteiger partial charge in [-0.05, 0) is 56.4 Å². The third kappa shape index (κ3) is 4.32. The van der Waals surface area contributed by atoms with Crippen molar-refractivity contribution < 1.29 is 14.5 Å². The molecular weight excluding hydrogens is 410 g/mol. The summed E-state index contributed by atoms with van der Waals surface area (Å²) in [5, 5.41) is 19.4. The number of non-ortho nitro benzene ring substituents is 1. The third-order valence-corrected chi connectivity index (χ3v) is 5.95. The first kappa shape index (κ1) is 21.5. The van der Waals surface area contributed by atoms with E-state index in [1.165, 1.54) is 16.8 Å². The van der Waals surface area contributed by atoms with Gasteiger partial charge in [0.05, 0.1) is 23.4 Å². The van der Waals surface area contributed by atoms with Crippen LogP contribution in [0.2, 0.25) is 0 Å². The molecular formula is C23H25N5O4. The Hall–Kier alpha value is -3.75. The highest BCUT2D eigenvalue weighted by Gasteiger charge is 2.36. The summed E-state index contributed by atoms with van der Waals surface area (Å²) in [5.74, 6) is 1.04. The highest BCUT2D eigenvalue weighted by Crippen LogP contribution is 2.36. The standard InChI is InChI=1S/C23H25N5O4/c1-15(18-9-10-18)26(14-17-7-11-21(32-3)12-8-17)23(29)22-16(2)27(25-24-22)19-5-4-6-20(13-19)28(30)31/h4-8,11-13,15,18H,9-10,14H2,1-3H3. The van der Waals surface area contributed by atoms with Gasteiger partial charge in [0.25, 0.3) is 11.6 Å². The number of nitro groups is 1. The summed E-state index contributed by atoms with van der Waals surface area (Å²) >= 11 is 0. The Bertz CT molecular complexity index is 1140. The molecule has 1 aliphatic carbocycles. The minimum atomic E-state index is -0.463. The number of hydrogen-bond acceptors (Lipinski definition) is 6. The molecule has 0 spiro atoms. The largest absolute Gasteiger partial charge is 0.497 e. The summed E-state index contributed by atoms with van der Waals surface area (Å²) in [6.07, 6.45) is 2.21. The lowest BCUT2D eigenvalue weighted by Crippen LogP contribution is -2.40. The number of aromatic nitrogens is 3. The molecule has 2 aromatic carbocycles. The molecule has 1 atom stereocenters. The summed E-state index contributed by atoms with van der Waals surface area (Å²) < 4.78 is 6.69. The van der Waals surface area contributed by atoms with Crippen LogP contribution in [0.4, 0.5) is 5.69 Å². The van der Waals surface area contributed by atoms with Crippen LogP contribution in [0.15, 0.2) is 48.5 Å². The fourth-order valence-corrected chi connectivity index (χ4v) is 3.81. The smallest absolute Gasteiger partial charge is 0.276 e. The van der Waals surface area contributed by atoms with Crippen molar-refractivity contribution in [1.29, 1.82) is 0 Å². The Morgan fingerprint density at radius 3 is 2.62 bits per heavy atom. The second kappa shape index (κ2) is 8.78. The summed E-state index contributed by atoms with van der Waals surface area (Å²) in [7, 11) is 1.62. The van der Waals surface area contributed by atoms with Gasteiger partial charge in [-0.3, -0.25) is 14.9 Å². The van der Waals surface area contributed by atoms with Crippen molar-refractivity contribution in [3.8, 4) is 11.4 Å². The van der Waals surface area contributed by atoms with Crippen molar-refractivity contribution in [2.75, 3.05) is 7.11 Å². The van der Waals surface area contributed by atoms with Crippen LogP contribution in [0.25, 0.3) is 5.69 Å². The molecule has 3 aromatic rings. The van der Waals surface area contributed by atoms with Gasteiger partial charge in [-0.15, -0.1) is 5.10 Å². The van der Waals surface area contributed by atoms with Crippen molar-refractivity contribution >= 4 is 11.6 Å². The Kier molecular flexibility index (Phi) is 5.89. The van der Waals surface area contributed by atoms with Crippen molar-refractivity contribution in [2.45, 2.75) is 39.3 Å². The second-order valence-electron chi connectivity index (χ2n) is 8.07. The van der Waals surface area contributed by atoms with Gasteiger partial charge in [0.2, 0.25) is 0 Å². The Morgan fingerprint density at radius 2 is 2.00 bits per heavy atom. The highest BCUT2D eigenvalue weighted by molar-refractivity contribution is 5.93. The lowest BCUT2D eigenvalue weighted by Gasteiger charge is -2.29. The summed E-state index contributed by atoms with van der Waals surface area (Å²) in [5.41, 5.74) is 2.22. The molecule has 9 nitrogen and oxygen atoms in total. The van der Waals surface area contributed by atoms with E-state index in [4.69, 9.17) is 4.74 Å². The van der Waals surface area contributed by atoms with E-state index in [1.54, 1.807) is 26.2 Å². The second-order valence-corrected chi connectivity index (χ2v) is 8.07. The minimum Gasteiger partial charge on any atom is -0.497 e. The van der Waals surface area contributed by atoms with Crippen LogP contribution in [0.3, 0.4) is 0 Å². The number of rotatable bonds is 8. The van der Waals surface area contributed by atoms with Crippen molar-refractivity contribution in [3.63, 3.8) is 0 Å². The molecule has 0 radical (unpaired) electrons. The molecule has 1 heterocycles. The molecule has 32 heavy (non-hydrogen) atoms. The molecule has 0 aliphatic heterocycles. The van der Waals surface area contributed by atoms with E-state index >= 15 is 0 Å². The van der Waals surface area contributed by atoms with Gasteiger partial charge in [-0.2, -0.15) is 0 Å². The number of amides is 1. The van der Waals surface area contributed by atoms with E-state index in [-0.39, 0.29) is 23.3 Å². The number of hydrogen-bond donors (Lipinski definition) is 0. The Balaban J connectivity index is 1.63. The fraction of sp³-hybridized carbons (Fsp3) is 0.348. The molecule has 1 fully saturated rings. The lowest BCUT2D eigenvalue weighted by molar-refractivity contribution is -0.384. The molecule has 1 unspecified atom stereocenters. The molecule has 0 bridgehead atoms. The number of methoxy groups -OCH3 is 1. The van der Waals surface area contributed by atoms with Crippen LogP contribution in [-0.2, 0) is 6.54 Å². The zero-order valence-electron chi connectivity index (χ0n) is 18.3. The molecule has 9 heteroatoms. The number of nitro benzene ring substituents is 1. The zero-order valence-corrected chi connectivity index (χ0v) is 18.3. The predicted molar refractivity (Wildman–Crippen MR) is 118 cm³/mol. The molecule has 166 valence electrons. The van der Waals surface area contributed by atoms with Gasteiger partial charge in [0.15, 0.2) is 5.69 Å². The van der Waals surface area contributed by atoms with Gasteiger partial charge in [0.1, 0.15) is 5.75 Å². The first-order valence-electron chi connectivity index (χ1n) is 10.5. The van der Waals surface area contributed by atoms with Crippen molar-refractivity contribution in [3.05, 3.63) is 75.6 Å². The van der Waals surface area contributed by atoms with Crippen LogP contribution in [-0.4, -0.2) is 43.9 Å². The van der Waals surface area contributed by atoms with Crippen molar-refractivity contribution in [2.24, 2.45) is 5.92 Å². The van der Waals surface area contributed by atoms with Gasteiger partial charge in [-0.1, -0.05) is 23.4 Å². The van der Waals surface area contributed by atoms with Gasteiger partial charge in [-0.25, -0.2) is 4.68 Å². The molecule has 0 saturated heterocycles. The topological polar surface area (TPSA) is 103 Å². The molecule has 1 saturated carbocycles. The van der Waals surface area contributed by atoms with E-state index in [2.05, 4.69) is 17.2 Å². The monoisotopic (exact) mass is 435 g/mol. The quantitative estimate of drug-likeness (QED) is 0.392. The van der Waals surface area contributed by atoms with Gasteiger partial charge < -0.3 is 9.64 Å². The maximum absolute atomic E-state index is 13.6. The fourth-order valence-electron chi connectivity index (χ4n) is 3.81. The first-order chi connectivity index (χ1) is 15.4. The van der Waals surface area contributed by atoms with Crippen LogP contribution in [0.5, 0.6) is 5.75 Å². The average Bonchev–Trinajstić information content (AvgIpc) is 3.59. The number of carbonyl (C=O) groups excluding carboxylic acids is 1.